The average molecular weight is 407 g/mol. The summed E-state index contributed by atoms with van der Waals surface area (Å²) in [5, 5.41) is 15.0. The van der Waals surface area contributed by atoms with Crippen molar-refractivity contribution in [3.05, 3.63) is 51.7 Å². The first kappa shape index (κ1) is 18.9. The smallest absolute Gasteiger partial charge is 0.230 e. The van der Waals surface area contributed by atoms with Crippen molar-refractivity contribution >= 4 is 40.6 Å². The molecule has 1 N–H and O–H groups in total. The maximum atomic E-state index is 12.2. The van der Waals surface area contributed by atoms with E-state index in [2.05, 4.69) is 15.5 Å². The predicted octanol–water partition coefficient (Wildman–Crippen LogP) is 4.65. The van der Waals surface area contributed by atoms with E-state index in [-0.39, 0.29) is 11.9 Å². The maximum Gasteiger partial charge on any atom is 0.230 e. The van der Waals surface area contributed by atoms with E-state index in [1.165, 1.54) is 11.8 Å². The Balaban J connectivity index is 1.65. The van der Waals surface area contributed by atoms with Crippen LogP contribution in [0.15, 0.2) is 46.9 Å². The Labute approximate surface area is 165 Å². The summed E-state index contributed by atoms with van der Waals surface area (Å²) >= 11 is 8.98. The highest BCUT2D eigenvalue weighted by molar-refractivity contribution is 7.99. The van der Waals surface area contributed by atoms with Gasteiger partial charge in [0.2, 0.25) is 5.91 Å². The number of nitrogens with one attached hydrogen (secondary N) is 1. The molecular formula is C18H19ClN4OS2. The fourth-order valence-corrected chi connectivity index (χ4v) is 4.19. The first-order chi connectivity index (χ1) is 12.6. The number of benzene rings is 1. The maximum absolute atomic E-state index is 12.2. The molecule has 1 amide bonds. The molecule has 0 aliphatic carbocycles. The van der Waals surface area contributed by atoms with Gasteiger partial charge in [0.15, 0.2) is 11.0 Å². The molecule has 2 heterocycles. The Morgan fingerprint density at radius 3 is 2.73 bits per heavy atom. The summed E-state index contributed by atoms with van der Waals surface area (Å²) < 4.78 is 2.00. The molecule has 0 saturated heterocycles. The predicted molar refractivity (Wildman–Crippen MR) is 108 cm³/mol. The summed E-state index contributed by atoms with van der Waals surface area (Å²) in [6, 6.07) is 11.5. The Morgan fingerprint density at radius 1 is 1.31 bits per heavy atom. The van der Waals surface area contributed by atoms with Crippen molar-refractivity contribution in [2.75, 3.05) is 5.75 Å². The topological polar surface area (TPSA) is 59.8 Å². The fraction of sp³-hybridized carbons (Fsp3) is 0.278. The molecule has 0 bridgehead atoms. The molecule has 5 nitrogen and oxygen atoms in total. The fourth-order valence-electron chi connectivity index (χ4n) is 2.52. The number of thioether (sulfide) groups is 1. The van der Waals surface area contributed by atoms with E-state index in [9.17, 15) is 4.79 Å². The summed E-state index contributed by atoms with van der Waals surface area (Å²) in [6.45, 7) is 4.74. The van der Waals surface area contributed by atoms with Gasteiger partial charge in [0.25, 0.3) is 0 Å². The molecule has 0 unspecified atom stereocenters. The van der Waals surface area contributed by atoms with Gasteiger partial charge in [0.05, 0.1) is 11.8 Å². The van der Waals surface area contributed by atoms with Crippen LogP contribution in [0.2, 0.25) is 5.02 Å². The van der Waals surface area contributed by atoms with Crippen LogP contribution in [0.1, 0.15) is 24.8 Å². The number of nitrogens with zero attached hydrogens (tertiary/aromatic N) is 3. The second kappa shape index (κ2) is 8.70. The van der Waals surface area contributed by atoms with Crippen molar-refractivity contribution in [1.82, 2.24) is 20.1 Å². The van der Waals surface area contributed by atoms with Gasteiger partial charge in [-0.2, -0.15) is 0 Å². The number of halogens is 1. The molecule has 8 heteroatoms. The second-order valence-electron chi connectivity index (χ2n) is 5.65. The molecule has 26 heavy (non-hydrogen) atoms. The van der Waals surface area contributed by atoms with Crippen molar-refractivity contribution in [3.8, 4) is 11.4 Å². The van der Waals surface area contributed by atoms with Crippen molar-refractivity contribution in [1.29, 1.82) is 0 Å². The number of carbonyl (C=O) groups is 1. The van der Waals surface area contributed by atoms with Crippen molar-refractivity contribution in [2.45, 2.75) is 31.6 Å². The lowest BCUT2D eigenvalue weighted by Gasteiger charge is -2.12. The largest absolute Gasteiger partial charge is 0.348 e. The minimum atomic E-state index is -0.0189. The van der Waals surface area contributed by atoms with Crippen LogP contribution in [0, 0.1) is 0 Å². The molecule has 1 atom stereocenters. The van der Waals surface area contributed by atoms with Crippen molar-refractivity contribution < 1.29 is 4.79 Å². The molecule has 2 aromatic heterocycles. The molecule has 3 aromatic rings. The number of amides is 1. The molecule has 0 aliphatic heterocycles. The highest BCUT2D eigenvalue weighted by atomic mass is 35.5. The van der Waals surface area contributed by atoms with Gasteiger partial charge in [-0.3, -0.25) is 4.79 Å². The number of aromatic nitrogens is 3. The zero-order valence-corrected chi connectivity index (χ0v) is 16.9. The molecule has 3 rings (SSSR count). The highest BCUT2D eigenvalue weighted by Crippen LogP contribution is 2.25. The Kier molecular flexibility index (Phi) is 6.34. The summed E-state index contributed by atoms with van der Waals surface area (Å²) in [5.41, 5.74) is 0.950. The first-order valence-corrected chi connectivity index (χ1v) is 10.5. The standard InChI is InChI=1S/C18H19ClN4OS2/c1-3-23-17(13-6-8-14(19)9-7-13)21-22-18(23)26-11-16(24)20-12(2)15-5-4-10-25-15/h4-10,12H,3,11H2,1-2H3,(H,20,24)/t12-/m1/s1. The molecule has 0 aliphatic rings. The minimum Gasteiger partial charge on any atom is -0.348 e. The molecule has 0 radical (unpaired) electrons. The van der Waals surface area contributed by atoms with Crippen molar-refractivity contribution in [3.63, 3.8) is 0 Å². The van der Waals surface area contributed by atoms with E-state index in [0.717, 1.165) is 28.0 Å². The SMILES string of the molecule is CCn1c(SCC(=O)N[C@H](C)c2cccs2)nnc1-c1ccc(Cl)cc1. The van der Waals surface area contributed by atoms with Crippen LogP contribution in [0.5, 0.6) is 0 Å². The monoisotopic (exact) mass is 406 g/mol. The van der Waals surface area contributed by atoms with E-state index < -0.39 is 0 Å². The molecule has 0 spiro atoms. The average Bonchev–Trinajstić information content (AvgIpc) is 3.30. The van der Waals surface area contributed by atoms with Crippen LogP contribution < -0.4 is 5.32 Å². The third kappa shape index (κ3) is 4.47. The molecule has 136 valence electrons. The van der Waals surface area contributed by atoms with Gasteiger partial charge < -0.3 is 9.88 Å². The van der Waals surface area contributed by atoms with Gasteiger partial charge in [-0.15, -0.1) is 21.5 Å². The number of hydrogen-bond acceptors (Lipinski definition) is 5. The molecule has 0 fully saturated rings. The van der Waals surface area contributed by atoms with Gasteiger partial charge in [-0.05, 0) is 49.6 Å². The van der Waals surface area contributed by atoms with E-state index in [1.807, 2.05) is 60.2 Å². The Bertz CT molecular complexity index is 862. The number of thiophene rings is 1. The van der Waals surface area contributed by atoms with Crippen LogP contribution in [-0.2, 0) is 11.3 Å². The Hall–Kier alpha value is -1.83. The molecule has 0 saturated carbocycles. The van der Waals surface area contributed by atoms with Crippen LogP contribution in [0.4, 0.5) is 0 Å². The number of carbonyl (C=O) groups excluding carboxylic acids is 1. The lowest BCUT2D eigenvalue weighted by Crippen LogP contribution is -2.27. The van der Waals surface area contributed by atoms with Crippen molar-refractivity contribution in [2.24, 2.45) is 0 Å². The van der Waals surface area contributed by atoms with Crippen LogP contribution in [0.25, 0.3) is 11.4 Å². The summed E-state index contributed by atoms with van der Waals surface area (Å²) in [4.78, 5) is 13.4. The normalized spacial score (nSPS) is 12.1. The molecular weight excluding hydrogens is 388 g/mol. The van der Waals surface area contributed by atoms with Crippen LogP contribution in [-0.4, -0.2) is 26.4 Å². The third-order valence-electron chi connectivity index (χ3n) is 3.82. The lowest BCUT2D eigenvalue weighted by atomic mass is 10.2. The van der Waals surface area contributed by atoms with Gasteiger partial charge in [-0.1, -0.05) is 29.4 Å². The molecule has 1 aromatic carbocycles. The van der Waals surface area contributed by atoms with E-state index in [1.54, 1.807) is 11.3 Å². The summed E-state index contributed by atoms with van der Waals surface area (Å²) in [5.74, 6) is 1.06. The lowest BCUT2D eigenvalue weighted by molar-refractivity contribution is -0.119. The van der Waals surface area contributed by atoms with Gasteiger partial charge >= 0.3 is 0 Å². The van der Waals surface area contributed by atoms with E-state index >= 15 is 0 Å². The third-order valence-corrected chi connectivity index (χ3v) is 6.09. The van der Waals surface area contributed by atoms with E-state index in [4.69, 9.17) is 11.6 Å². The van der Waals surface area contributed by atoms with Crippen LogP contribution >= 0.6 is 34.7 Å². The summed E-state index contributed by atoms with van der Waals surface area (Å²) in [7, 11) is 0. The van der Waals surface area contributed by atoms with E-state index in [0.29, 0.717) is 10.8 Å². The first-order valence-electron chi connectivity index (χ1n) is 8.23. The highest BCUT2D eigenvalue weighted by Gasteiger charge is 2.16. The zero-order chi connectivity index (χ0) is 18.5. The van der Waals surface area contributed by atoms with Gasteiger partial charge in [0, 0.05) is 22.0 Å². The summed E-state index contributed by atoms with van der Waals surface area (Å²) in [6.07, 6.45) is 0. The quantitative estimate of drug-likeness (QED) is 0.580. The number of hydrogen-bond donors (Lipinski definition) is 1. The number of rotatable bonds is 7. The van der Waals surface area contributed by atoms with Crippen LogP contribution in [0.3, 0.4) is 0 Å². The second-order valence-corrected chi connectivity index (χ2v) is 8.01. The zero-order valence-electron chi connectivity index (χ0n) is 14.5. The minimum absolute atomic E-state index is 0.0109. The Morgan fingerprint density at radius 2 is 2.08 bits per heavy atom. The van der Waals surface area contributed by atoms with Gasteiger partial charge in [0.1, 0.15) is 0 Å². The van der Waals surface area contributed by atoms with Gasteiger partial charge in [-0.25, -0.2) is 0 Å².